The van der Waals surface area contributed by atoms with Crippen molar-refractivity contribution in [3.8, 4) is 11.5 Å². The Labute approximate surface area is 141 Å². The second-order valence-corrected chi connectivity index (χ2v) is 6.62. The Hall–Kier alpha value is -2.38. The third kappa shape index (κ3) is 2.47. The molecule has 4 rings (SSSR count). The molecule has 7 heteroatoms. The molecule has 0 radical (unpaired) electrons. The first-order chi connectivity index (χ1) is 11.1. The summed E-state index contributed by atoms with van der Waals surface area (Å²) in [5, 5.41) is 0. The molecule has 0 spiro atoms. The minimum Gasteiger partial charge on any atom is -0.436 e. The summed E-state index contributed by atoms with van der Waals surface area (Å²) in [6.07, 6.45) is 1.65. The first-order valence-electron chi connectivity index (χ1n) is 6.79. The topological polar surface area (TPSA) is 59.5 Å². The molecule has 1 fully saturated rings. The number of thioether (sulfide) groups is 1. The van der Waals surface area contributed by atoms with Crippen molar-refractivity contribution in [3.63, 3.8) is 0 Å². The van der Waals surface area contributed by atoms with Crippen molar-refractivity contribution in [2.75, 3.05) is 7.05 Å². The van der Waals surface area contributed by atoms with E-state index >= 15 is 0 Å². The number of aromatic nitrogens is 1. The molecule has 0 N–H and O–H groups in total. The van der Waals surface area contributed by atoms with Gasteiger partial charge in [0, 0.05) is 24.8 Å². The zero-order valence-electron chi connectivity index (χ0n) is 12.0. The number of furan rings is 1. The highest BCUT2D eigenvalue weighted by atomic mass is 32.2. The molecule has 0 atom stereocenters. The van der Waals surface area contributed by atoms with E-state index in [1.165, 1.54) is 16.7 Å². The SMILES string of the molecule is CN1C(=O)/C(=C\c2cc3oc(-c4ccccc4)nc3o2)SC1=S. The van der Waals surface area contributed by atoms with Gasteiger partial charge in [-0.25, -0.2) is 0 Å². The normalized spacial score (nSPS) is 16.9. The molecule has 114 valence electrons. The summed E-state index contributed by atoms with van der Waals surface area (Å²) in [5.74, 6) is 0.886. The van der Waals surface area contributed by atoms with Gasteiger partial charge in [-0.05, 0) is 12.1 Å². The minimum atomic E-state index is -0.133. The number of amides is 1. The van der Waals surface area contributed by atoms with Crippen LogP contribution in [0.5, 0.6) is 0 Å². The fourth-order valence-corrected chi connectivity index (χ4v) is 3.36. The molecule has 23 heavy (non-hydrogen) atoms. The van der Waals surface area contributed by atoms with E-state index in [0.717, 1.165) is 5.56 Å². The quantitative estimate of drug-likeness (QED) is 0.520. The molecular formula is C16H10N2O3S2. The predicted molar refractivity (Wildman–Crippen MR) is 92.6 cm³/mol. The second kappa shape index (κ2) is 5.36. The van der Waals surface area contributed by atoms with Crippen LogP contribution >= 0.6 is 24.0 Å². The van der Waals surface area contributed by atoms with Crippen LogP contribution in [-0.2, 0) is 4.79 Å². The standard InChI is InChI=1S/C16H10N2O3S2/c1-18-15(19)12(23-16(18)22)8-10-7-11-14(20-10)17-13(21-11)9-5-3-2-4-6-9/h2-8H,1H3/b12-8+. The molecule has 5 nitrogen and oxygen atoms in total. The monoisotopic (exact) mass is 342 g/mol. The van der Waals surface area contributed by atoms with Crippen molar-refractivity contribution in [2.45, 2.75) is 0 Å². The Kier molecular flexibility index (Phi) is 3.32. The van der Waals surface area contributed by atoms with Crippen molar-refractivity contribution >= 4 is 51.6 Å². The molecular weight excluding hydrogens is 332 g/mol. The Morgan fingerprint density at radius 2 is 2.04 bits per heavy atom. The number of hydrogen-bond donors (Lipinski definition) is 0. The maximum Gasteiger partial charge on any atom is 0.266 e. The van der Waals surface area contributed by atoms with Gasteiger partial charge < -0.3 is 8.83 Å². The number of rotatable bonds is 2. The molecule has 0 bridgehead atoms. The molecule has 0 aliphatic carbocycles. The van der Waals surface area contributed by atoms with Crippen LogP contribution in [0.2, 0.25) is 0 Å². The van der Waals surface area contributed by atoms with Gasteiger partial charge in [-0.3, -0.25) is 9.69 Å². The lowest BCUT2D eigenvalue weighted by Gasteiger charge is -2.03. The zero-order chi connectivity index (χ0) is 16.0. The predicted octanol–water partition coefficient (Wildman–Crippen LogP) is 3.92. The van der Waals surface area contributed by atoms with Gasteiger partial charge in [0.25, 0.3) is 11.6 Å². The molecule has 1 saturated heterocycles. The number of thiocarbonyl (C=S) groups is 1. The van der Waals surface area contributed by atoms with Gasteiger partial charge in [-0.15, -0.1) is 0 Å². The van der Waals surface area contributed by atoms with Crippen LogP contribution in [0.4, 0.5) is 0 Å². The largest absolute Gasteiger partial charge is 0.436 e. The van der Waals surface area contributed by atoms with Crippen molar-refractivity contribution in [1.29, 1.82) is 0 Å². The van der Waals surface area contributed by atoms with E-state index in [4.69, 9.17) is 21.1 Å². The van der Waals surface area contributed by atoms with Crippen molar-refractivity contribution in [1.82, 2.24) is 9.88 Å². The van der Waals surface area contributed by atoms with E-state index in [1.54, 1.807) is 19.2 Å². The minimum absolute atomic E-state index is 0.133. The molecule has 1 aliphatic rings. The van der Waals surface area contributed by atoms with Crippen molar-refractivity contribution < 1.29 is 13.6 Å². The third-order valence-corrected chi connectivity index (χ3v) is 4.87. The number of nitrogens with zero attached hydrogens (tertiary/aromatic N) is 2. The van der Waals surface area contributed by atoms with Crippen LogP contribution in [0.25, 0.3) is 28.8 Å². The summed E-state index contributed by atoms with van der Waals surface area (Å²) in [6.45, 7) is 0. The number of likely N-dealkylation sites (N-methyl/N-ethyl adjacent to an activating group) is 1. The van der Waals surface area contributed by atoms with E-state index in [-0.39, 0.29) is 5.91 Å². The lowest BCUT2D eigenvalue weighted by Crippen LogP contribution is -2.22. The molecule has 0 unspecified atom stereocenters. The summed E-state index contributed by atoms with van der Waals surface area (Å²) < 4.78 is 11.9. The Morgan fingerprint density at radius 3 is 2.70 bits per heavy atom. The highest BCUT2D eigenvalue weighted by Crippen LogP contribution is 2.33. The summed E-state index contributed by atoms with van der Waals surface area (Å²) in [5.41, 5.74) is 1.83. The van der Waals surface area contributed by atoms with Gasteiger partial charge in [0.15, 0.2) is 5.58 Å². The first kappa shape index (κ1) is 14.2. The number of fused-ring (bicyclic) bond motifs is 1. The molecule has 0 saturated carbocycles. The van der Waals surface area contributed by atoms with Crippen molar-refractivity contribution in [2.24, 2.45) is 0 Å². The molecule has 3 aromatic rings. The average molecular weight is 342 g/mol. The number of hydrogen-bond acceptors (Lipinski definition) is 6. The van der Waals surface area contributed by atoms with Gasteiger partial charge in [0.2, 0.25) is 5.89 Å². The average Bonchev–Trinajstić information content (AvgIpc) is 3.17. The lowest BCUT2D eigenvalue weighted by atomic mass is 10.2. The van der Waals surface area contributed by atoms with E-state index in [9.17, 15) is 4.79 Å². The van der Waals surface area contributed by atoms with Crippen LogP contribution in [0.15, 0.2) is 50.1 Å². The maximum atomic E-state index is 12.0. The molecule has 1 amide bonds. The van der Waals surface area contributed by atoms with Crippen LogP contribution in [0.3, 0.4) is 0 Å². The van der Waals surface area contributed by atoms with Crippen LogP contribution in [0, 0.1) is 0 Å². The summed E-state index contributed by atoms with van der Waals surface area (Å²) in [4.78, 5) is 18.3. The molecule has 2 aromatic heterocycles. The Balaban J connectivity index is 1.68. The summed E-state index contributed by atoms with van der Waals surface area (Å²) >= 11 is 6.34. The van der Waals surface area contributed by atoms with Crippen LogP contribution in [-0.4, -0.2) is 27.2 Å². The van der Waals surface area contributed by atoms with Gasteiger partial charge in [-0.1, -0.05) is 42.2 Å². The van der Waals surface area contributed by atoms with Gasteiger partial charge in [-0.2, -0.15) is 4.98 Å². The van der Waals surface area contributed by atoms with E-state index < -0.39 is 0 Å². The number of carbonyl (C=O) groups excluding carboxylic acids is 1. The van der Waals surface area contributed by atoms with E-state index in [1.807, 2.05) is 30.3 Å². The molecule has 1 aromatic carbocycles. The number of oxazole rings is 1. The molecule has 1 aliphatic heterocycles. The summed E-state index contributed by atoms with van der Waals surface area (Å²) in [7, 11) is 1.65. The smallest absolute Gasteiger partial charge is 0.266 e. The third-order valence-electron chi connectivity index (χ3n) is 3.39. The lowest BCUT2D eigenvalue weighted by molar-refractivity contribution is -0.121. The first-order valence-corrected chi connectivity index (χ1v) is 8.01. The highest BCUT2D eigenvalue weighted by molar-refractivity contribution is 8.26. The molecule has 3 heterocycles. The van der Waals surface area contributed by atoms with Crippen LogP contribution < -0.4 is 0 Å². The van der Waals surface area contributed by atoms with Crippen LogP contribution in [0.1, 0.15) is 5.76 Å². The Morgan fingerprint density at radius 1 is 1.26 bits per heavy atom. The van der Waals surface area contributed by atoms with E-state index in [2.05, 4.69) is 4.98 Å². The summed E-state index contributed by atoms with van der Waals surface area (Å²) in [6, 6.07) is 11.3. The van der Waals surface area contributed by atoms with Gasteiger partial charge in [0.05, 0.1) is 4.91 Å². The van der Waals surface area contributed by atoms with Crippen molar-refractivity contribution in [3.05, 3.63) is 47.1 Å². The highest BCUT2D eigenvalue weighted by Gasteiger charge is 2.29. The Bertz CT molecular complexity index is 925. The zero-order valence-corrected chi connectivity index (χ0v) is 13.6. The fourth-order valence-electron chi connectivity index (χ4n) is 2.20. The van der Waals surface area contributed by atoms with Gasteiger partial charge in [0.1, 0.15) is 10.1 Å². The fraction of sp³-hybridized carbons (Fsp3) is 0.0625. The number of benzene rings is 1. The maximum absolute atomic E-state index is 12.0. The van der Waals surface area contributed by atoms with E-state index in [0.29, 0.717) is 32.2 Å². The number of carbonyl (C=O) groups is 1. The second-order valence-electron chi connectivity index (χ2n) is 4.94. The van der Waals surface area contributed by atoms with Gasteiger partial charge >= 0.3 is 0 Å².